The van der Waals surface area contributed by atoms with Crippen molar-refractivity contribution >= 4 is 21.6 Å². The number of hydrogen-bond donors (Lipinski definition) is 1. The quantitative estimate of drug-likeness (QED) is 0.822. The van der Waals surface area contributed by atoms with Crippen molar-refractivity contribution in [3.05, 3.63) is 63.9 Å². The van der Waals surface area contributed by atoms with Gasteiger partial charge in [0.1, 0.15) is 5.82 Å². The Hall–Kier alpha value is -1.39. The smallest absolute Gasteiger partial charge is 0.129 e. The summed E-state index contributed by atoms with van der Waals surface area (Å²) in [5.41, 5.74) is 2.69. The molecular weight excluding hydrogens is 321 g/mol. The van der Waals surface area contributed by atoms with Gasteiger partial charge in [-0.25, -0.2) is 4.39 Å². The molecule has 20 heavy (non-hydrogen) atoms. The molecule has 0 fully saturated rings. The molecule has 0 saturated carbocycles. The van der Waals surface area contributed by atoms with Crippen LogP contribution in [-0.2, 0) is 17.9 Å². The Morgan fingerprint density at radius 2 is 1.95 bits per heavy atom. The summed E-state index contributed by atoms with van der Waals surface area (Å²) >= 11 is 3.26. The molecule has 0 spiro atoms. The number of nitrogens with one attached hydrogen (secondary N) is 1. The van der Waals surface area contributed by atoms with Crippen molar-refractivity contribution in [1.82, 2.24) is 0 Å². The SMILES string of the molecule is CCOCc1ccccc1NCc1ccc(Br)cc1F. The van der Waals surface area contributed by atoms with Gasteiger partial charge in [0.05, 0.1) is 6.61 Å². The number of anilines is 1. The fourth-order valence-electron chi connectivity index (χ4n) is 1.89. The van der Waals surface area contributed by atoms with E-state index in [2.05, 4.69) is 21.2 Å². The second-order valence-electron chi connectivity index (χ2n) is 4.38. The van der Waals surface area contributed by atoms with Crippen LogP contribution in [-0.4, -0.2) is 6.61 Å². The van der Waals surface area contributed by atoms with Crippen molar-refractivity contribution in [2.45, 2.75) is 20.1 Å². The van der Waals surface area contributed by atoms with Crippen LogP contribution in [0.4, 0.5) is 10.1 Å². The number of hydrogen-bond acceptors (Lipinski definition) is 2. The molecule has 0 amide bonds. The lowest BCUT2D eigenvalue weighted by Gasteiger charge is -2.12. The fourth-order valence-corrected chi connectivity index (χ4v) is 2.22. The van der Waals surface area contributed by atoms with Gasteiger partial charge in [-0.3, -0.25) is 0 Å². The second-order valence-corrected chi connectivity index (χ2v) is 5.30. The van der Waals surface area contributed by atoms with Crippen LogP contribution in [0, 0.1) is 5.82 Å². The largest absolute Gasteiger partial charge is 0.381 e. The third kappa shape index (κ3) is 4.05. The van der Waals surface area contributed by atoms with E-state index in [0.717, 1.165) is 15.7 Å². The van der Waals surface area contributed by atoms with Crippen molar-refractivity contribution in [2.75, 3.05) is 11.9 Å². The Bertz CT molecular complexity index is 574. The third-order valence-electron chi connectivity index (χ3n) is 2.96. The summed E-state index contributed by atoms with van der Waals surface area (Å²) in [6, 6.07) is 13.0. The molecule has 0 aliphatic carbocycles. The summed E-state index contributed by atoms with van der Waals surface area (Å²) < 4.78 is 19.9. The maximum Gasteiger partial charge on any atom is 0.129 e. The molecule has 0 radical (unpaired) electrons. The molecular formula is C16H17BrFNO. The van der Waals surface area contributed by atoms with E-state index < -0.39 is 0 Å². The van der Waals surface area contributed by atoms with Gasteiger partial charge in [-0.2, -0.15) is 0 Å². The number of rotatable bonds is 6. The number of benzene rings is 2. The number of para-hydroxylation sites is 1. The zero-order valence-corrected chi connectivity index (χ0v) is 12.9. The lowest BCUT2D eigenvalue weighted by atomic mass is 10.1. The Morgan fingerprint density at radius 1 is 1.15 bits per heavy atom. The molecule has 0 aromatic heterocycles. The van der Waals surface area contributed by atoms with Gasteiger partial charge < -0.3 is 10.1 Å². The molecule has 2 aromatic rings. The molecule has 0 saturated heterocycles. The molecule has 2 rings (SSSR count). The van der Waals surface area contributed by atoms with Crippen molar-refractivity contribution in [3.8, 4) is 0 Å². The van der Waals surface area contributed by atoms with Crippen LogP contribution in [0.15, 0.2) is 46.9 Å². The molecule has 0 heterocycles. The highest BCUT2D eigenvalue weighted by molar-refractivity contribution is 9.10. The van der Waals surface area contributed by atoms with Crippen molar-refractivity contribution in [2.24, 2.45) is 0 Å². The zero-order valence-electron chi connectivity index (χ0n) is 11.3. The summed E-state index contributed by atoms with van der Waals surface area (Å²) in [7, 11) is 0. The first-order valence-electron chi connectivity index (χ1n) is 6.54. The summed E-state index contributed by atoms with van der Waals surface area (Å²) in [6.45, 7) is 3.65. The van der Waals surface area contributed by atoms with Gasteiger partial charge in [-0.05, 0) is 25.1 Å². The van der Waals surface area contributed by atoms with Crippen molar-refractivity contribution < 1.29 is 9.13 Å². The summed E-state index contributed by atoms with van der Waals surface area (Å²) in [4.78, 5) is 0. The van der Waals surface area contributed by atoms with E-state index in [0.29, 0.717) is 25.3 Å². The van der Waals surface area contributed by atoms with Gasteiger partial charge in [-0.1, -0.05) is 40.2 Å². The normalized spacial score (nSPS) is 10.6. The van der Waals surface area contributed by atoms with Gasteiger partial charge in [0, 0.05) is 34.4 Å². The monoisotopic (exact) mass is 337 g/mol. The van der Waals surface area contributed by atoms with Crippen LogP contribution in [0.2, 0.25) is 0 Å². The van der Waals surface area contributed by atoms with Crippen LogP contribution < -0.4 is 5.32 Å². The molecule has 106 valence electrons. The van der Waals surface area contributed by atoms with E-state index in [1.165, 1.54) is 6.07 Å². The van der Waals surface area contributed by atoms with Gasteiger partial charge in [0.2, 0.25) is 0 Å². The van der Waals surface area contributed by atoms with E-state index in [1.807, 2.05) is 37.3 Å². The maximum absolute atomic E-state index is 13.8. The average molecular weight is 338 g/mol. The van der Waals surface area contributed by atoms with Crippen LogP contribution in [0.25, 0.3) is 0 Å². The number of halogens is 2. The fraction of sp³-hybridized carbons (Fsp3) is 0.250. The first kappa shape index (κ1) is 15.0. The highest BCUT2D eigenvalue weighted by Gasteiger charge is 2.05. The second kappa shape index (κ2) is 7.41. The Kier molecular flexibility index (Phi) is 5.56. The molecule has 2 aromatic carbocycles. The Labute approximate surface area is 127 Å². The molecule has 2 nitrogen and oxygen atoms in total. The van der Waals surface area contributed by atoms with Gasteiger partial charge >= 0.3 is 0 Å². The average Bonchev–Trinajstić information content (AvgIpc) is 2.45. The van der Waals surface area contributed by atoms with Gasteiger partial charge in [0.15, 0.2) is 0 Å². The van der Waals surface area contributed by atoms with Crippen molar-refractivity contribution in [3.63, 3.8) is 0 Å². The topological polar surface area (TPSA) is 21.3 Å². The third-order valence-corrected chi connectivity index (χ3v) is 3.46. The Morgan fingerprint density at radius 3 is 2.70 bits per heavy atom. The minimum Gasteiger partial charge on any atom is -0.381 e. The molecule has 4 heteroatoms. The van der Waals surface area contributed by atoms with Gasteiger partial charge in [0.25, 0.3) is 0 Å². The molecule has 0 aliphatic rings. The first-order valence-corrected chi connectivity index (χ1v) is 7.33. The van der Waals surface area contributed by atoms with E-state index in [-0.39, 0.29) is 5.82 Å². The highest BCUT2D eigenvalue weighted by Crippen LogP contribution is 2.19. The highest BCUT2D eigenvalue weighted by atomic mass is 79.9. The predicted molar refractivity (Wildman–Crippen MR) is 83.2 cm³/mol. The lowest BCUT2D eigenvalue weighted by molar-refractivity contribution is 0.134. The minimum absolute atomic E-state index is 0.214. The van der Waals surface area contributed by atoms with Crippen LogP contribution in [0.5, 0.6) is 0 Å². The Balaban J connectivity index is 2.06. The van der Waals surface area contributed by atoms with Crippen LogP contribution in [0.1, 0.15) is 18.1 Å². The molecule has 0 atom stereocenters. The van der Waals surface area contributed by atoms with E-state index in [9.17, 15) is 4.39 Å². The summed E-state index contributed by atoms with van der Waals surface area (Å²) in [5, 5.41) is 3.26. The first-order chi connectivity index (χ1) is 9.70. The standard InChI is InChI=1S/C16H17BrFNO/c1-2-20-11-13-5-3-4-6-16(13)19-10-12-7-8-14(17)9-15(12)18/h3-9,19H,2,10-11H2,1H3. The molecule has 0 unspecified atom stereocenters. The summed E-state index contributed by atoms with van der Waals surface area (Å²) in [5.74, 6) is -0.214. The summed E-state index contributed by atoms with van der Waals surface area (Å²) in [6.07, 6.45) is 0. The maximum atomic E-state index is 13.8. The lowest BCUT2D eigenvalue weighted by Crippen LogP contribution is -2.05. The van der Waals surface area contributed by atoms with Crippen molar-refractivity contribution in [1.29, 1.82) is 0 Å². The van der Waals surface area contributed by atoms with Crippen LogP contribution in [0.3, 0.4) is 0 Å². The number of ether oxygens (including phenoxy) is 1. The predicted octanol–water partition coefficient (Wildman–Crippen LogP) is 4.74. The minimum atomic E-state index is -0.214. The van der Waals surface area contributed by atoms with E-state index in [1.54, 1.807) is 6.07 Å². The molecule has 1 N–H and O–H groups in total. The van der Waals surface area contributed by atoms with E-state index >= 15 is 0 Å². The van der Waals surface area contributed by atoms with Gasteiger partial charge in [-0.15, -0.1) is 0 Å². The molecule has 0 bridgehead atoms. The van der Waals surface area contributed by atoms with Crippen LogP contribution >= 0.6 is 15.9 Å². The molecule has 0 aliphatic heterocycles. The van der Waals surface area contributed by atoms with E-state index in [4.69, 9.17) is 4.74 Å². The zero-order chi connectivity index (χ0) is 14.4.